The second kappa shape index (κ2) is 9.44. The highest BCUT2D eigenvalue weighted by Crippen LogP contribution is 2.56. The molecule has 1 aliphatic rings. The molecule has 0 aliphatic heterocycles. The Morgan fingerprint density at radius 3 is 1.96 bits per heavy atom. The van der Waals surface area contributed by atoms with Gasteiger partial charge in [0.05, 0.1) is 0 Å². The molecule has 8 atom stereocenters. The van der Waals surface area contributed by atoms with Crippen LogP contribution >= 0.6 is 0 Å². The fourth-order valence-corrected chi connectivity index (χ4v) is 5.01. The van der Waals surface area contributed by atoms with Crippen LogP contribution in [0.5, 0.6) is 0 Å². The molecule has 8 unspecified atom stereocenters. The molecule has 1 saturated carbocycles. The van der Waals surface area contributed by atoms with Crippen LogP contribution in [0.15, 0.2) is 0 Å². The standard InChI is InChI=1S/C22H45N/c1-9-15(5)11-12-16(6)17(7)19(10-2)21-18(8)22(21)20(23)13-14(3)4/h14-22H,9-13,23H2,1-8H3. The van der Waals surface area contributed by atoms with Crippen LogP contribution < -0.4 is 5.73 Å². The zero-order valence-corrected chi connectivity index (χ0v) is 17.3. The molecule has 138 valence electrons. The van der Waals surface area contributed by atoms with E-state index in [1.165, 1.54) is 32.1 Å². The Morgan fingerprint density at radius 2 is 1.48 bits per heavy atom. The topological polar surface area (TPSA) is 26.0 Å². The summed E-state index contributed by atoms with van der Waals surface area (Å²) >= 11 is 0. The quantitative estimate of drug-likeness (QED) is 0.470. The van der Waals surface area contributed by atoms with Gasteiger partial charge in [0.25, 0.3) is 0 Å². The van der Waals surface area contributed by atoms with E-state index in [-0.39, 0.29) is 0 Å². The molecule has 1 fully saturated rings. The average molecular weight is 324 g/mol. The van der Waals surface area contributed by atoms with Crippen LogP contribution in [0.3, 0.4) is 0 Å². The first-order valence-corrected chi connectivity index (χ1v) is 10.5. The van der Waals surface area contributed by atoms with Crippen LogP contribution in [-0.4, -0.2) is 6.04 Å². The van der Waals surface area contributed by atoms with Crippen LogP contribution in [-0.2, 0) is 0 Å². The minimum Gasteiger partial charge on any atom is -0.327 e. The summed E-state index contributed by atoms with van der Waals surface area (Å²) in [5, 5.41) is 0. The maximum atomic E-state index is 6.55. The van der Waals surface area contributed by atoms with Crippen molar-refractivity contribution in [2.75, 3.05) is 0 Å². The molecular weight excluding hydrogens is 278 g/mol. The van der Waals surface area contributed by atoms with Gasteiger partial charge in [0, 0.05) is 6.04 Å². The lowest BCUT2D eigenvalue weighted by Gasteiger charge is -2.30. The SMILES string of the molecule is CCC(C)CCC(C)C(C)C(CC)C1C(C)C1C(N)CC(C)C. The lowest BCUT2D eigenvalue weighted by molar-refractivity contribution is 0.196. The number of hydrogen-bond acceptors (Lipinski definition) is 1. The van der Waals surface area contributed by atoms with E-state index in [1.807, 2.05) is 0 Å². The summed E-state index contributed by atoms with van der Waals surface area (Å²) in [6.07, 6.45) is 6.64. The van der Waals surface area contributed by atoms with E-state index in [9.17, 15) is 0 Å². The van der Waals surface area contributed by atoms with Crippen molar-refractivity contribution < 1.29 is 0 Å². The maximum Gasteiger partial charge on any atom is 0.00751 e. The third-order valence-electron chi connectivity index (χ3n) is 7.11. The largest absolute Gasteiger partial charge is 0.327 e. The van der Waals surface area contributed by atoms with Gasteiger partial charge in [-0.3, -0.25) is 0 Å². The van der Waals surface area contributed by atoms with E-state index in [2.05, 4.69) is 55.4 Å². The van der Waals surface area contributed by atoms with Crippen molar-refractivity contribution in [2.24, 2.45) is 53.1 Å². The molecular formula is C22H45N. The maximum absolute atomic E-state index is 6.55. The Hall–Kier alpha value is -0.0400. The second-order valence-corrected chi connectivity index (χ2v) is 9.31. The van der Waals surface area contributed by atoms with Gasteiger partial charge < -0.3 is 5.73 Å². The Bertz CT molecular complexity index is 324. The molecule has 0 radical (unpaired) electrons. The Balaban J connectivity index is 2.58. The summed E-state index contributed by atoms with van der Waals surface area (Å²) in [5.74, 6) is 6.69. The van der Waals surface area contributed by atoms with Crippen LogP contribution in [0.25, 0.3) is 0 Å². The van der Waals surface area contributed by atoms with Gasteiger partial charge in [-0.2, -0.15) is 0 Å². The monoisotopic (exact) mass is 323 g/mol. The Morgan fingerprint density at radius 1 is 0.870 bits per heavy atom. The summed E-state index contributed by atoms with van der Waals surface area (Å²) in [5.41, 5.74) is 6.55. The zero-order valence-electron chi connectivity index (χ0n) is 17.3. The summed E-state index contributed by atoms with van der Waals surface area (Å²) < 4.78 is 0. The lowest BCUT2D eigenvalue weighted by Crippen LogP contribution is -2.28. The molecule has 0 bridgehead atoms. The van der Waals surface area contributed by atoms with Gasteiger partial charge in [0.15, 0.2) is 0 Å². The molecule has 1 nitrogen and oxygen atoms in total. The minimum atomic E-state index is 0.423. The van der Waals surface area contributed by atoms with Gasteiger partial charge in [0.2, 0.25) is 0 Å². The van der Waals surface area contributed by atoms with Crippen LogP contribution in [0.2, 0.25) is 0 Å². The van der Waals surface area contributed by atoms with E-state index in [0.717, 1.165) is 47.3 Å². The normalized spacial score (nSPS) is 30.8. The third kappa shape index (κ3) is 5.76. The molecule has 0 spiro atoms. The highest BCUT2D eigenvalue weighted by molar-refractivity contribution is 5.03. The smallest absolute Gasteiger partial charge is 0.00751 e. The first kappa shape index (κ1) is 21.0. The van der Waals surface area contributed by atoms with Gasteiger partial charge in [-0.1, -0.05) is 81.1 Å². The third-order valence-corrected chi connectivity index (χ3v) is 7.11. The lowest BCUT2D eigenvalue weighted by atomic mass is 9.76. The van der Waals surface area contributed by atoms with E-state index < -0.39 is 0 Å². The van der Waals surface area contributed by atoms with Gasteiger partial charge >= 0.3 is 0 Å². The van der Waals surface area contributed by atoms with E-state index >= 15 is 0 Å². The van der Waals surface area contributed by atoms with Crippen molar-refractivity contribution in [1.29, 1.82) is 0 Å². The predicted molar refractivity (Wildman–Crippen MR) is 104 cm³/mol. The molecule has 0 heterocycles. The fourth-order valence-electron chi connectivity index (χ4n) is 5.01. The Labute approximate surface area is 147 Å². The molecule has 1 rings (SSSR count). The number of rotatable bonds is 11. The number of nitrogens with two attached hydrogens (primary N) is 1. The van der Waals surface area contributed by atoms with Gasteiger partial charge in [-0.05, 0) is 53.8 Å². The molecule has 0 aromatic rings. The van der Waals surface area contributed by atoms with Gasteiger partial charge in [0.1, 0.15) is 0 Å². The van der Waals surface area contributed by atoms with Crippen LogP contribution in [0.1, 0.15) is 87.5 Å². The van der Waals surface area contributed by atoms with Crippen molar-refractivity contribution in [3.63, 3.8) is 0 Å². The van der Waals surface area contributed by atoms with Gasteiger partial charge in [-0.15, -0.1) is 0 Å². The second-order valence-electron chi connectivity index (χ2n) is 9.31. The summed E-state index contributed by atoms with van der Waals surface area (Å²) in [6, 6.07) is 0.423. The van der Waals surface area contributed by atoms with E-state index in [4.69, 9.17) is 5.73 Å². The Kier molecular flexibility index (Phi) is 8.63. The molecule has 0 amide bonds. The molecule has 23 heavy (non-hydrogen) atoms. The molecule has 0 aromatic heterocycles. The molecule has 2 N–H and O–H groups in total. The predicted octanol–water partition coefficient (Wildman–Crippen LogP) is 6.37. The van der Waals surface area contributed by atoms with Gasteiger partial charge in [-0.25, -0.2) is 0 Å². The van der Waals surface area contributed by atoms with E-state index in [1.54, 1.807) is 0 Å². The number of hydrogen-bond donors (Lipinski definition) is 1. The van der Waals surface area contributed by atoms with Crippen LogP contribution in [0, 0.1) is 47.3 Å². The first-order chi connectivity index (χ1) is 10.7. The molecule has 0 aromatic carbocycles. The first-order valence-electron chi connectivity index (χ1n) is 10.5. The highest BCUT2D eigenvalue weighted by atomic mass is 14.7. The van der Waals surface area contributed by atoms with E-state index in [0.29, 0.717) is 6.04 Å². The van der Waals surface area contributed by atoms with Crippen molar-refractivity contribution >= 4 is 0 Å². The molecule has 1 aliphatic carbocycles. The summed E-state index contributed by atoms with van der Waals surface area (Å²) in [7, 11) is 0. The average Bonchev–Trinajstić information content (AvgIpc) is 3.15. The zero-order chi connectivity index (χ0) is 17.7. The highest BCUT2D eigenvalue weighted by Gasteiger charge is 2.54. The van der Waals surface area contributed by atoms with Crippen molar-refractivity contribution in [1.82, 2.24) is 0 Å². The summed E-state index contributed by atoms with van der Waals surface area (Å²) in [4.78, 5) is 0. The molecule has 1 heteroatoms. The van der Waals surface area contributed by atoms with Crippen molar-refractivity contribution in [3.05, 3.63) is 0 Å². The minimum absolute atomic E-state index is 0.423. The molecule has 0 saturated heterocycles. The fraction of sp³-hybridized carbons (Fsp3) is 1.00. The van der Waals surface area contributed by atoms with Crippen LogP contribution in [0.4, 0.5) is 0 Å². The summed E-state index contributed by atoms with van der Waals surface area (Å²) in [6.45, 7) is 19.2. The van der Waals surface area contributed by atoms with Crippen molar-refractivity contribution in [3.8, 4) is 0 Å². The van der Waals surface area contributed by atoms with Crippen molar-refractivity contribution in [2.45, 2.75) is 93.5 Å².